The van der Waals surface area contributed by atoms with Gasteiger partial charge in [-0.3, -0.25) is 0 Å². The maximum Gasteiger partial charge on any atom is 0.132 e. The van der Waals surface area contributed by atoms with Gasteiger partial charge in [-0.25, -0.2) is 4.39 Å². The molecule has 0 bridgehead atoms. The molecule has 0 amide bonds. The first-order valence-electron chi connectivity index (χ1n) is 5.29. The van der Waals surface area contributed by atoms with Gasteiger partial charge in [0.05, 0.1) is 25.7 Å². The molecule has 1 aromatic heterocycles. The zero-order chi connectivity index (χ0) is 12.3. The molecule has 2 rings (SSSR count). The Bertz CT molecular complexity index is 482. The smallest absolute Gasteiger partial charge is 0.132 e. The van der Waals surface area contributed by atoms with Crippen molar-refractivity contribution in [2.24, 2.45) is 0 Å². The van der Waals surface area contributed by atoms with Crippen molar-refractivity contribution in [1.29, 1.82) is 0 Å². The molecular formula is C13H14FNO2. The van der Waals surface area contributed by atoms with Crippen LogP contribution in [-0.4, -0.2) is 14.2 Å². The number of rotatable bonds is 4. The molecule has 17 heavy (non-hydrogen) atoms. The van der Waals surface area contributed by atoms with Gasteiger partial charge in [0.25, 0.3) is 0 Å². The Morgan fingerprint density at radius 2 is 2.18 bits per heavy atom. The first-order valence-corrected chi connectivity index (χ1v) is 5.29. The van der Waals surface area contributed by atoms with Crippen molar-refractivity contribution in [3.8, 4) is 5.75 Å². The van der Waals surface area contributed by atoms with E-state index in [1.807, 2.05) is 6.07 Å². The van der Waals surface area contributed by atoms with Gasteiger partial charge in [0.2, 0.25) is 0 Å². The topological polar surface area (TPSA) is 34.4 Å². The molecule has 1 N–H and O–H groups in total. The van der Waals surface area contributed by atoms with E-state index in [1.54, 1.807) is 31.7 Å². The average Bonchev–Trinajstić information content (AvgIpc) is 2.85. The van der Waals surface area contributed by atoms with Crippen LogP contribution in [0.25, 0.3) is 0 Å². The highest BCUT2D eigenvalue weighted by Gasteiger charge is 2.17. The zero-order valence-corrected chi connectivity index (χ0v) is 9.74. The van der Waals surface area contributed by atoms with E-state index in [-0.39, 0.29) is 11.9 Å². The Balaban J connectivity index is 2.38. The lowest BCUT2D eigenvalue weighted by atomic mass is 10.0. The van der Waals surface area contributed by atoms with Crippen molar-refractivity contribution in [1.82, 2.24) is 5.32 Å². The maximum atomic E-state index is 13.9. The van der Waals surface area contributed by atoms with E-state index in [1.165, 1.54) is 13.2 Å². The number of ether oxygens (including phenoxy) is 1. The monoisotopic (exact) mass is 235 g/mol. The molecule has 1 heterocycles. The number of methoxy groups -OCH3 is 1. The molecule has 0 aliphatic heterocycles. The molecule has 1 unspecified atom stereocenters. The summed E-state index contributed by atoms with van der Waals surface area (Å²) < 4.78 is 23.9. The van der Waals surface area contributed by atoms with Crippen molar-refractivity contribution < 1.29 is 13.5 Å². The Morgan fingerprint density at radius 1 is 1.35 bits per heavy atom. The maximum absolute atomic E-state index is 13.9. The predicted molar refractivity (Wildman–Crippen MR) is 62.6 cm³/mol. The van der Waals surface area contributed by atoms with Gasteiger partial charge in [-0.2, -0.15) is 0 Å². The van der Waals surface area contributed by atoms with E-state index in [9.17, 15) is 4.39 Å². The first-order chi connectivity index (χ1) is 8.26. The van der Waals surface area contributed by atoms with Crippen molar-refractivity contribution in [2.75, 3.05) is 14.2 Å². The van der Waals surface area contributed by atoms with E-state index in [2.05, 4.69) is 5.32 Å². The number of halogens is 1. The van der Waals surface area contributed by atoms with Gasteiger partial charge in [0.15, 0.2) is 0 Å². The SMILES string of the molecule is CNC(c1ccoc1)c1ccc(OC)cc1F. The minimum absolute atomic E-state index is 0.223. The molecule has 0 radical (unpaired) electrons. The highest BCUT2D eigenvalue weighted by molar-refractivity contribution is 5.35. The lowest BCUT2D eigenvalue weighted by Gasteiger charge is -2.16. The molecule has 1 aromatic carbocycles. The number of nitrogens with one attached hydrogen (secondary N) is 1. The lowest BCUT2D eigenvalue weighted by Crippen LogP contribution is -2.18. The zero-order valence-electron chi connectivity index (χ0n) is 9.74. The Kier molecular flexibility index (Phi) is 3.44. The summed E-state index contributed by atoms with van der Waals surface area (Å²) in [5.41, 5.74) is 1.45. The molecule has 0 saturated heterocycles. The molecular weight excluding hydrogens is 221 g/mol. The normalized spacial score (nSPS) is 12.4. The second kappa shape index (κ2) is 5.01. The Hall–Kier alpha value is -1.81. The third-order valence-corrected chi connectivity index (χ3v) is 2.68. The molecule has 0 spiro atoms. The van der Waals surface area contributed by atoms with Crippen molar-refractivity contribution in [3.63, 3.8) is 0 Å². The fraction of sp³-hybridized carbons (Fsp3) is 0.231. The summed E-state index contributed by atoms with van der Waals surface area (Å²) in [7, 11) is 3.29. The van der Waals surface area contributed by atoms with Gasteiger partial charge >= 0.3 is 0 Å². The van der Waals surface area contributed by atoms with E-state index in [0.29, 0.717) is 11.3 Å². The largest absolute Gasteiger partial charge is 0.497 e. The van der Waals surface area contributed by atoms with Crippen LogP contribution >= 0.6 is 0 Å². The highest BCUT2D eigenvalue weighted by atomic mass is 19.1. The second-order valence-corrected chi connectivity index (χ2v) is 3.67. The standard InChI is InChI=1S/C13H14FNO2/c1-15-13(9-5-6-17-8-9)11-4-3-10(16-2)7-12(11)14/h3-8,13,15H,1-2H3. The van der Waals surface area contributed by atoms with Crippen LogP contribution in [0.3, 0.4) is 0 Å². The van der Waals surface area contributed by atoms with Crippen LogP contribution in [0.1, 0.15) is 17.2 Å². The minimum Gasteiger partial charge on any atom is -0.497 e. The molecule has 90 valence electrons. The Morgan fingerprint density at radius 3 is 2.71 bits per heavy atom. The van der Waals surface area contributed by atoms with Gasteiger partial charge < -0.3 is 14.5 Å². The average molecular weight is 235 g/mol. The third-order valence-electron chi connectivity index (χ3n) is 2.68. The molecule has 1 atom stereocenters. The fourth-order valence-electron chi connectivity index (χ4n) is 1.81. The summed E-state index contributed by atoms with van der Waals surface area (Å²) in [6.07, 6.45) is 3.17. The van der Waals surface area contributed by atoms with Crippen LogP contribution in [0.4, 0.5) is 4.39 Å². The van der Waals surface area contributed by atoms with Crippen molar-refractivity contribution in [3.05, 3.63) is 53.7 Å². The quantitative estimate of drug-likeness (QED) is 0.884. The summed E-state index contributed by atoms with van der Waals surface area (Å²) in [6, 6.07) is 6.41. The van der Waals surface area contributed by atoms with Crippen LogP contribution in [0.5, 0.6) is 5.75 Å². The van der Waals surface area contributed by atoms with Crippen LogP contribution in [-0.2, 0) is 0 Å². The number of hydrogen-bond donors (Lipinski definition) is 1. The van der Waals surface area contributed by atoms with Gasteiger partial charge in [-0.15, -0.1) is 0 Å². The van der Waals surface area contributed by atoms with Crippen LogP contribution < -0.4 is 10.1 Å². The highest BCUT2D eigenvalue weighted by Crippen LogP contribution is 2.26. The van der Waals surface area contributed by atoms with Crippen molar-refractivity contribution in [2.45, 2.75) is 6.04 Å². The van der Waals surface area contributed by atoms with E-state index >= 15 is 0 Å². The molecule has 0 fully saturated rings. The van der Waals surface area contributed by atoms with Crippen LogP contribution in [0.15, 0.2) is 41.2 Å². The van der Waals surface area contributed by atoms with Gasteiger partial charge in [0.1, 0.15) is 11.6 Å². The molecule has 0 aliphatic carbocycles. The lowest BCUT2D eigenvalue weighted by molar-refractivity contribution is 0.410. The molecule has 4 heteroatoms. The Labute approximate surface area is 99.2 Å². The van der Waals surface area contributed by atoms with Gasteiger partial charge in [-0.05, 0) is 19.2 Å². The number of hydrogen-bond acceptors (Lipinski definition) is 3. The van der Waals surface area contributed by atoms with Gasteiger partial charge in [-0.1, -0.05) is 6.07 Å². The summed E-state index contributed by atoms with van der Waals surface area (Å²) in [6.45, 7) is 0. The summed E-state index contributed by atoms with van der Waals surface area (Å²) in [5, 5.41) is 3.06. The van der Waals surface area contributed by atoms with E-state index in [0.717, 1.165) is 5.56 Å². The number of furan rings is 1. The fourth-order valence-corrected chi connectivity index (χ4v) is 1.81. The molecule has 3 nitrogen and oxygen atoms in total. The van der Waals surface area contributed by atoms with Crippen LogP contribution in [0, 0.1) is 5.82 Å². The predicted octanol–water partition coefficient (Wildman–Crippen LogP) is 2.74. The third kappa shape index (κ3) is 2.31. The summed E-state index contributed by atoms with van der Waals surface area (Å²) in [4.78, 5) is 0. The van der Waals surface area contributed by atoms with E-state index < -0.39 is 0 Å². The van der Waals surface area contributed by atoms with E-state index in [4.69, 9.17) is 9.15 Å². The summed E-state index contributed by atoms with van der Waals surface area (Å²) >= 11 is 0. The minimum atomic E-state index is -0.301. The first kappa shape index (κ1) is 11.7. The van der Waals surface area contributed by atoms with Crippen LogP contribution in [0.2, 0.25) is 0 Å². The number of benzene rings is 1. The second-order valence-electron chi connectivity index (χ2n) is 3.67. The van der Waals surface area contributed by atoms with Crippen molar-refractivity contribution >= 4 is 0 Å². The van der Waals surface area contributed by atoms with Gasteiger partial charge in [0, 0.05) is 17.2 Å². The molecule has 2 aromatic rings. The summed E-state index contributed by atoms with van der Waals surface area (Å²) in [5.74, 6) is 0.207. The molecule has 0 saturated carbocycles. The molecule has 0 aliphatic rings.